The molecule has 0 saturated carbocycles. The summed E-state index contributed by atoms with van der Waals surface area (Å²) < 4.78 is 5.84. The molecule has 1 unspecified atom stereocenters. The third kappa shape index (κ3) is 2.78. The second-order valence-electron chi connectivity index (χ2n) is 3.64. The van der Waals surface area contributed by atoms with E-state index in [9.17, 15) is 0 Å². The van der Waals surface area contributed by atoms with Crippen LogP contribution in [0.4, 0.5) is 0 Å². The normalized spacial score (nSPS) is 16.5. The van der Waals surface area contributed by atoms with Crippen LogP contribution < -0.4 is 9.75 Å². The first-order valence-corrected chi connectivity index (χ1v) is 6.26. The SMILES string of the molecule is C\C=C/C=c1/c(C(C)CC)ns/c1=C/C. The van der Waals surface area contributed by atoms with Gasteiger partial charge in [0.15, 0.2) is 0 Å². The Morgan fingerprint density at radius 3 is 2.67 bits per heavy atom. The Bertz CT molecular complexity index is 440. The summed E-state index contributed by atoms with van der Waals surface area (Å²) in [6.45, 7) is 8.55. The lowest BCUT2D eigenvalue weighted by Crippen LogP contribution is -2.22. The van der Waals surface area contributed by atoms with Crippen molar-refractivity contribution in [1.82, 2.24) is 4.37 Å². The van der Waals surface area contributed by atoms with Gasteiger partial charge in [-0.15, -0.1) is 0 Å². The van der Waals surface area contributed by atoms with Gasteiger partial charge in [-0.25, -0.2) is 0 Å². The maximum absolute atomic E-state index is 4.56. The van der Waals surface area contributed by atoms with Crippen molar-refractivity contribution < 1.29 is 0 Å². The molecule has 0 aromatic carbocycles. The highest BCUT2D eigenvalue weighted by Crippen LogP contribution is 2.12. The van der Waals surface area contributed by atoms with Crippen LogP contribution in [0.1, 0.15) is 45.7 Å². The molecule has 1 rings (SSSR count). The highest BCUT2D eigenvalue weighted by molar-refractivity contribution is 7.03. The van der Waals surface area contributed by atoms with Gasteiger partial charge >= 0.3 is 0 Å². The first kappa shape index (κ1) is 12.2. The zero-order valence-corrected chi connectivity index (χ0v) is 10.8. The van der Waals surface area contributed by atoms with Crippen LogP contribution in [-0.2, 0) is 0 Å². The standard InChI is InChI=1S/C13H19NS/c1-5-8-9-11-12(7-3)15-14-13(11)10(4)6-2/h5,7-10H,6H2,1-4H3/b8-5-,11-9+,12-7+. The summed E-state index contributed by atoms with van der Waals surface area (Å²) in [5.41, 5.74) is 1.24. The van der Waals surface area contributed by atoms with Crippen LogP contribution >= 0.6 is 11.5 Å². The maximum Gasteiger partial charge on any atom is 0.0648 e. The zero-order valence-electron chi connectivity index (χ0n) is 9.95. The van der Waals surface area contributed by atoms with Crippen LogP contribution in [0.5, 0.6) is 0 Å². The Balaban J connectivity index is 3.37. The molecule has 0 aliphatic carbocycles. The predicted molar refractivity (Wildman–Crippen MR) is 69.5 cm³/mol. The highest BCUT2D eigenvalue weighted by atomic mass is 32.1. The van der Waals surface area contributed by atoms with Crippen molar-refractivity contribution in [3.8, 4) is 0 Å². The Kier molecular flexibility index (Phi) is 4.76. The fourth-order valence-corrected chi connectivity index (χ4v) is 2.29. The summed E-state index contributed by atoms with van der Waals surface area (Å²) in [4.78, 5) is 0. The molecule has 1 atom stereocenters. The molecular weight excluding hydrogens is 202 g/mol. The third-order valence-corrected chi connectivity index (χ3v) is 3.52. The molecule has 0 amide bonds. The van der Waals surface area contributed by atoms with Gasteiger partial charge in [-0.1, -0.05) is 38.2 Å². The minimum Gasteiger partial charge on any atom is -0.196 e. The minimum absolute atomic E-state index is 0.548. The van der Waals surface area contributed by atoms with Crippen LogP contribution in [-0.4, -0.2) is 4.37 Å². The number of allylic oxidation sites excluding steroid dienone is 2. The van der Waals surface area contributed by atoms with E-state index in [1.54, 1.807) is 11.5 Å². The first-order chi connectivity index (χ1) is 7.24. The smallest absolute Gasteiger partial charge is 0.0648 e. The topological polar surface area (TPSA) is 12.9 Å². The van der Waals surface area contributed by atoms with Gasteiger partial charge in [0.25, 0.3) is 0 Å². The van der Waals surface area contributed by atoms with Crippen LogP contribution in [0, 0.1) is 0 Å². The molecule has 2 heteroatoms. The van der Waals surface area contributed by atoms with E-state index in [0.717, 1.165) is 6.42 Å². The fraction of sp³-hybridized carbons (Fsp3) is 0.462. The highest BCUT2D eigenvalue weighted by Gasteiger charge is 2.08. The molecular formula is C13H19NS. The molecule has 0 aliphatic heterocycles. The molecule has 15 heavy (non-hydrogen) atoms. The van der Waals surface area contributed by atoms with Crippen molar-refractivity contribution in [3.05, 3.63) is 27.6 Å². The van der Waals surface area contributed by atoms with Gasteiger partial charge in [0.2, 0.25) is 0 Å². The molecule has 1 nitrogen and oxygen atoms in total. The lowest BCUT2D eigenvalue weighted by Gasteiger charge is -2.02. The fourth-order valence-electron chi connectivity index (χ4n) is 1.44. The lowest BCUT2D eigenvalue weighted by atomic mass is 10.0. The Morgan fingerprint density at radius 2 is 2.13 bits per heavy atom. The molecule has 1 aromatic heterocycles. The predicted octanol–water partition coefficient (Wildman–Crippen LogP) is 2.81. The Hall–Kier alpha value is -0.890. The van der Waals surface area contributed by atoms with E-state index in [4.69, 9.17) is 0 Å². The number of hydrogen-bond donors (Lipinski definition) is 0. The molecule has 0 spiro atoms. The summed E-state index contributed by atoms with van der Waals surface area (Å²) in [6.07, 6.45) is 9.59. The molecule has 82 valence electrons. The van der Waals surface area contributed by atoms with Crippen molar-refractivity contribution in [3.63, 3.8) is 0 Å². The van der Waals surface area contributed by atoms with Crippen LogP contribution in [0.3, 0.4) is 0 Å². The van der Waals surface area contributed by atoms with Crippen molar-refractivity contribution in [1.29, 1.82) is 0 Å². The van der Waals surface area contributed by atoms with E-state index < -0.39 is 0 Å². The minimum atomic E-state index is 0.548. The van der Waals surface area contributed by atoms with Crippen molar-refractivity contribution in [2.24, 2.45) is 0 Å². The van der Waals surface area contributed by atoms with Crippen molar-refractivity contribution in [2.75, 3.05) is 0 Å². The van der Waals surface area contributed by atoms with E-state index in [1.165, 1.54) is 15.4 Å². The summed E-state index contributed by atoms with van der Waals surface area (Å²) in [6, 6.07) is 0. The molecule has 0 aliphatic rings. The zero-order chi connectivity index (χ0) is 11.3. The second-order valence-corrected chi connectivity index (χ2v) is 4.44. The van der Waals surface area contributed by atoms with Crippen molar-refractivity contribution in [2.45, 2.75) is 40.0 Å². The van der Waals surface area contributed by atoms with Crippen LogP contribution in [0.15, 0.2) is 12.2 Å². The van der Waals surface area contributed by atoms with E-state index in [0.29, 0.717) is 5.92 Å². The third-order valence-electron chi connectivity index (χ3n) is 2.58. The van der Waals surface area contributed by atoms with E-state index in [1.807, 2.05) is 6.92 Å². The lowest BCUT2D eigenvalue weighted by molar-refractivity contribution is 0.712. The molecule has 1 heterocycles. The quantitative estimate of drug-likeness (QED) is 0.765. The first-order valence-electron chi connectivity index (χ1n) is 5.49. The van der Waals surface area contributed by atoms with Gasteiger partial charge in [0.1, 0.15) is 0 Å². The summed E-state index contributed by atoms with van der Waals surface area (Å²) in [5.74, 6) is 0.548. The molecule has 0 N–H and O–H groups in total. The van der Waals surface area contributed by atoms with Gasteiger partial charge in [-0.2, -0.15) is 4.37 Å². The Labute approximate surface area is 96.0 Å². The maximum atomic E-state index is 4.56. The molecule has 0 bridgehead atoms. The van der Waals surface area contributed by atoms with Gasteiger partial charge in [0, 0.05) is 5.22 Å². The monoisotopic (exact) mass is 221 g/mol. The molecule has 0 radical (unpaired) electrons. The molecule has 1 aromatic rings. The van der Waals surface area contributed by atoms with Gasteiger partial charge in [-0.3, -0.25) is 0 Å². The average Bonchev–Trinajstić information content (AvgIpc) is 2.67. The van der Waals surface area contributed by atoms with Gasteiger partial charge in [0.05, 0.1) is 10.2 Å². The van der Waals surface area contributed by atoms with E-state index in [2.05, 4.69) is 49.4 Å². The van der Waals surface area contributed by atoms with Crippen LogP contribution in [0.25, 0.3) is 12.2 Å². The van der Waals surface area contributed by atoms with E-state index >= 15 is 0 Å². The molecule has 0 saturated heterocycles. The van der Waals surface area contributed by atoms with Gasteiger partial charge in [-0.05, 0) is 37.7 Å². The van der Waals surface area contributed by atoms with Crippen LogP contribution in [0.2, 0.25) is 0 Å². The average molecular weight is 221 g/mol. The molecule has 0 fully saturated rings. The second kappa shape index (κ2) is 5.86. The number of rotatable bonds is 3. The number of aromatic nitrogens is 1. The summed E-state index contributed by atoms with van der Waals surface area (Å²) in [5, 5.41) is 1.30. The number of hydrogen-bond acceptors (Lipinski definition) is 2. The largest absolute Gasteiger partial charge is 0.196 e. The van der Waals surface area contributed by atoms with Crippen molar-refractivity contribution >= 4 is 23.7 Å². The van der Waals surface area contributed by atoms with Gasteiger partial charge < -0.3 is 0 Å². The van der Waals surface area contributed by atoms with E-state index in [-0.39, 0.29) is 0 Å². The summed E-state index contributed by atoms with van der Waals surface area (Å²) in [7, 11) is 0. The number of nitrogens with zero attached hydrogens (tertiary/aromatic N) is 1. The summed E-state index contributed by atoms with van der Waals surface area (Å²) >= 11 is 1.60. The Morgan fingerprint density at radius 1 is 1.40 bits per heavy atom.